The number of likely N-dealkylation sites (tertiary alicyclic amines) is 1. The number of para-hydroxylation sites is 1. The largest absolute Gasteiger partial charge is 0.508 e. The predicted molar refractivity (Wildman–Crippen MR) is 85.4 cm³/mol. The predicted octanol–water partition coefficient (Wildman–Crippen LogP) is 3.54. The highest BCUT2D eigenvalue weighted by atomic mass is 32.1. The van der Waals surface area contributed by atoms with E-state index in [0.717, 1.165) is 42.8 Å². The summed E-state index contributed by atoms with van der Waals surface area (Å²) in [5.74, 6) is 0.363. The summed E-state index contributed by atoms with van der Waals surface area (Å²) in [5.41, 5.74) is 0.968. The van der Waals surface area contributed by atoms with Crippen LogP contribution >= 0.6 is 11.3 Å². The molecule has 1 saturated heterocycles. The third-order valence-electron chi connectivity index (χ3n) is 4.23. The molecule has 1 fully saturated rings. The van der Waals surface area contributed by atoms with E-state index >= 15 is 0 Å². The van der Waals surface area contributed by atoms with E-state index in [1.807, 2.05) is 35.7 Å². The Morgan fingerprint density at radius 2 is 2.10 bits per heavy atom. The van der Waals surface area contributed by atoms with Gasteiger partial charge in [0.1, 0.15) is 5.75 Å². The number of aliphatic hydroxyl groups excluding tert-OH is 1. The number of phenols is 1. The average Bonchev–Trinajstić information content (AvgIpc) is 3.13. The number of hydrogen-bond donors (Lipinski definition) is 2. The summed E-state index contributed by atoms with van der Waals surface area (Å²) in [7, 11) is 0. The molecule has 1 aliphatic rings. The van der Waals surface area contributed by atoms with Crippen molar-refractivity contribution in [3.63, 3.8) is 0 Å². The summed E-state index contributed by atoms with van der Waals surface area (Å²) in [4.78, 5) is 3.43. The molecule has 0 bridgehead atoms. The van der Waals surface area contributed by atoms with Crippen LogP contribution in [0.3, 0.4) is 0 Å². The minimum absolute atomic E-state index is 0.363. The number of aromatic hydroxyl groups is 1. The Hall–Kier alpha value is -1.36. The molecule has 0 amide bonds. The highest BCUT2D eigenvalue weighted by molar-refractivity contribution is 7.10. The Morgan fingerprint density at radius 1 is 1.24 bits per heavy atom. The summed E-state index contributed by atoms with van der Waals surface area (Å²) in [6.45, 7) is 1.80. The molecule has 112 valence electrons. The number of aliphatic hydroxyl groups is 1. The van der Waals surface area contributed by atoms with Gasteiger partial charge in [-0.15, -0.1) is 11.3 Å². The number of phenolic OH excluding ortho intramolecular Hbond substituents is 1. The van der Waals surface area contributed by atoms with E-state index in [2.05, 4.69) is 4.90 Å². The van der Waals surface area contributed by atoms with Crippen LogP contribution < -0.4 is 0 Å². The van der Waals surface area contributed by atoms with Gasteiger partial charge in [0.15, 0.2) is 0 Å². The Bertz CT molecular complexity index is 570. The van der Waals surface area contributed by atoms with Gasteiger partial charge >= 0.3 is 0 Å². The molecule has 2 heterocycles. The van der Waals surface area contributed by atoms with Crippen LogP contribution in [-0.2, 0) is 6.54 Å². The maximum atomic E-state index is 10.3. The van der Waals surface area contributed by atoms with Gasteiger partial charge in [-0.05, 0) is 43.3 Å². The fraction of sp³-hybridized carbons (Fsp3) is 0.412. The zero-order valence-electron chi connectivity index (χ0n) is 12.0. The van der Waals surface area contributed by atoms with Crippen molar-refractivity contribution in [1.29, 1.82) is 0 Å². The first kappa shape index (κ1) is 14.6. The summed E-state index contributed by atoms with van der Waals surface area (Å²) < 4.78 is 0. The lowest BCUT2D eigenvalue weighted by molar-refractivity contribution is 0.120. The summed E-state index contributed by atoms with van der Waals surface area (Å²) in [6, 6.07) is 11.9. The molecule has 3 nitrogen and oxygen atoms in total. The van der Waals surface area contributed by atoms with Gasteiger partial charge in [-0.1, -0.05) is 24.3 Å². The average molecular weight is 303 g/mol. The van der Waals surface area contributed by atoms with E-state index in [1.165, 1.54) is 0 Å². The lowest BCUT2D eigenvalue weighted by atomic mass is 10.1. The molecule has 4 heteroatoms. The van der Waals surface area contributed by atoms with Crippen LogP contribution in [0.25, 0.3) is 0 Å². The number of hydrogen-bond acceptors (Lipinski definition) is 4. The van der Waals surface area contributed by atoms with Crippen molar-refractivity contribution in [3.8, 4) is 5.75 Å². The van der Waals surface area contributed by atoms with Gasteiger partial charge in [-0.3, -0.25) is 4.90 Å². The van der Waals surface area contributed by atoms with Crippen LogP contribution in [0.4, 0.5) is 0 Å². The van der Waals surface area contributed by atoms with E-state index in [4.69, 9.17) is 0 Å². The van der Waals surface area contributed by atoms with Gasteiger partial charge in [-0.25, -0.2) is 0 Å². The van der Waals surface area contributed by atoms with Crippen molar-refractivity contribution < 1.29 is 10.2 Å². The highest BCUT2D eigenvalue weighted by Gasteiger charge is 2.27. The van der Waals surface area contributed by atoms with E-state index in [9.17, 15) is 10.2 Å². The fourth-order valence-electron chi connectivity index (χ4n) is 3.09. The Kier molecular flexibility index (Phi) is 4.58. The molecule has 1 aromatic carbocycles. The summed E-state index contributed by atoms with van der Waals surface area (Å²) >= 11 is 1.61. The minimum Gasteiger partial charge on any atom is -0.508 e. The highest BCUT2D eigenvalue weighted by Crippen LogP contribution is 2.31. The molecule has 21 heavy (non-hydrogen) atoms. The first-order valence-electron chi connectivity index (χ1n) is 7.46. The van der Waals surface area contributed by atoms with Crippen LogP contribution in [0.5, 0.6) is 5.75 Å². The maximum absolute atomic E-state index is 10.3. The maximum Gasteiger partial charge on any atom is 0.120 e. The fourth-order valence-corrected chi connectivity index (χ4v) is 3.81. The van der Waals surface area contributed by atoms with Crippen molar-refractivity contribution in [2.75, 3.05) is 6.54 Å². The number of nitrogens with zero attached hydrogens (tertiary/aromatic N) is 1. The number of thiophene rings is 1. The zero-order chi connectivity index (χ0) is 14.7. The van der Waals surface area contributed by atoms with E-state index < -0.39 is 0 Å². The lowest BCUT2D eigenvalue weighted by Crippen LogP contribution is -2.30. The van der Waals surface area contributed by atoms with Crippen LogP contribution in [0.1, 0.15) is 35.8 Å². The van der Waals surface area contributed by atoms with Crippen LogP contribution in [0, 0.1) is 0 Å². The zero-order valence-corrected chi connectivity index (χ0v) is 12.8. The second-order valence-electron chi connectivity index (χ2n) is 5.66. The van der Waals surface area contributed by atoms with Crippen LogP contribution in [0.2, 0.25) is 0 Å². The van der Waals surface area contributed by atoms with Gasteiger partial charge in [-0.2, -0.15) is 0 Å². The first-order chi connectivity index (χ1) is 10.2. The van der Waals surface area contributed by atoms with Crippen molar-refractivity contribution in [3.05, 3.63) is 52.2 Å². The number of benzene rings is 1. The van der Waals surface area contributed by atoms with Gasteiger partial charge in [0, 0.05) is 23.0 Å². The third-order valence-corrected chi connectivity index (χ3v) is 5.20. The normalized spacial score (nSPS) is 20.7. The molecule has 2 N–H and O–H groups in total. The topological polar surface area (TPSA) is 43.7 Å². The van der Waals surface area contributed by atoms with Gasteiger partial charge in [0.2, 0.25) is 0 Å². The van der Waals surface area contributed by atoms with Crippen LogP contribution in [-0.4, -0.2) is 27.7 Å². The molecule has 1 aromatic heterocycles. The van der Waals surface area contributed by atoms with Crippen molar-refractivity contribution in [2.24, 2.45) is 0 Å². The summed E-state index contributed by atoms with van der Waals surface area (Å²) in [6.07, 6.45) is 2.68. The molecule has 3 rings (SSSR count). The van der Waals surface area contributed by atoms with E-state index in [-0.39, 0.29) is 6.10 Å². The first-order valence-corrected chi connectivity index (χ1v) is 8.34. The van der Waals surface area contributed by atoms with Crippen molar-refractivity contribution >= 4 is 11.3 Å². The molecule has 1 aliphatic heterocycles. The smallest absolute Gasteiger partial charge is 0.120 e. The molecular formula is C17H21NO2S. The van der Waals surface area contributed by atoms with Crippen molar-refractivity contribution in [1.82, 2.24) is 4.90 Å². The van der Waals surface area contributed by atoms with E-state index in [1.54, 1.807) is 17.4 Å². The molecular weight excluding hydrogens is 282 g/mol. The SMILES string of the molecule is Oc1ccccc1CN1CCCC1CC(O)c1cccs1. The van der Waals surface area contributed by atoms with Gasteiger partial charge in [0.05, 0.1) is 6.10 Å². The number of rotatable bonds is 5. The minimum atomic E-state index is -0.375. The Labute approximate surface area is 129 Å². The third kappa shape index (κ3) is 3.46. The van der Waals surface area contributed by atoms with Crippen LogP contribution in [0.15, 0.2) is 41.8 Å². The molecule has 2 atom stereocenters. The molecule has 2 aromatic rings. The Balaban J connectivity index is 1.64. The second kappa shape index (κ2) is 6.60. The molecule has 0 radical (unpaired) electrons. The molecule has 0 saturated carbocycles. The Morgan fingerprint density at radius 3 is 2.86 bits per heavy atom. The molecule has 0 aliphatic carbocycles. The van der Waals surface area contributed by atoms with E-state index in [0.29, 0.717) is 11.8 Å². The quantitative estimate of drug-likeness (QED) is 0.888. The van der Waals surface area contributed by atoms with Gasteiger partial charge < -0.3 is 10.2 Å². The molecule has 0 spiro atoms. The lowest BCUT2D eigenvalue weighted by Gasteiger charge is -2.26. The van der Waals surface area contributed by atoms with Crippen molar-refractivity contribution in [2.45, 2.75) is 38.0 Å². The summed E-state index contributed by atoms with van der Waals surface area (Å²) in [5, 5.41) is 22.3. The van der Waals surface area contributed by atoms with Gasteiger partial charge in [0.25, 0.3) is 0 Å². The molecule has 2 unspecified atom stereocenters. The standard InChI is InChI=1S/C17H21NO2S/c19-15-7-2-1-5-13(15)12-18-9-3-6-14(18)11-16(20)17-8-4-10-21-17/h1-2,4-5,7-8,10,14,16,19-20H,3,6,9,11-12H2. The second-order valence-corrected chi connectivity index (χ2v) is 6.64. The monoisotopic (exact) mass is 303 g/mol.